The summed E-state index contributed by atoms with van der Waals surface area (Å²) in [4.78, 5) is 11.4. The van der Waals surface area contributed by atoms with Crippen molar-refractivity contribution in [1.29, 1.82) is 0 Å². The Morgan fingerprint density at radius 2 is 2.20 bits per heavy atom. The molecule has 80 valence electrons. The second-order valence-electron chi connectivity index (χ2n) is 3.91. The Balaban J connectivity index is 2.14. The predicted octanol–water partition coefficient (Wildman–Crippen LogP) is 2.06. The maximum Gasteiger partial charge on any atom is 0.339 e. The topological polar surface area (TPSA) is 46.5 Å². The number of rotatable bonds is 3. The summed E-state index contributed by atoms with van der Waals surface area (Å²) in [7, 11) is 0. The summed E-state index contributed by atoms with van der Waals surface area (Å²) in [5.41, 5.74) is 1.61. The fourth-order valence-corrected chi connectivity index (χ4v) is 1.83. The Morgan fingerprint density at radius 1 is 1.47 bits per heavy atom. The van der Waals surface area contributed by atoms with Gasteiger partial charge in [-0.2, -0.15) is 0 Å². The van der Waals surface area contributed by atoms with Crippen LogP contribution >= 0.6 is 0 Å². The fourth-order valence-electron chi connectivity index (χ4n) is 1.83. The van der Waals surface area contributed by atoms with E-state index in [1.165, 1.54) is 0 Å². The van der Waals surface area contributed by atoms with Crippen molar-refractivity contribution >= 4 is 5.97 Å². The van der Waals surface area contributed by atoms with Gasteiger partial charge in [0.25, 0.3) is 0 Å². The van der Waals surface area contributed by atoms with Crippen molar-refractivity contribution < 1.29 is 14.6 Å². The molecule has 15 heavy (non-hydrogen) atoms. The smallest absolute Gasteiger partial charge is 0.339 e. The first-order valence-corrected chi connectivity index (χ1v) is 5.16. The lowest BCUT2D eigenvalue weighted by molar-refractivity contribution is 0.0333. The van der Waals surface area contributed by atoms with E-state index in [1.807, 2.05) is 18.2 Å². The quantitative estimate of drug-likeness (QED) is 0.770. The molecule has 0 spiro atoms. The predicted molar refractivity (Wildman–Crippen MR) is 55.5 cm³/mol. The summed E-state index contributed by atoms with van der Waals surface area (Å²) in [6.45, 7) is 1.74. The molecular weight excluding hydrogens is 192 g/mol. The number of benzene rings is 1. The minimum atomic E-state index is -0.350. The summed E-state index contributed by atoms with van der Waals surface area (Å²) >= 11 is 0. The van der Waals surface area contributed by atoms with Crippen molar-refractivity contribution in [3.8, 4) is 0 Å². The Hall–Kier alpha value is -1.35. The van der Waals surface area contributed by atoms with E-state index in [1.54, 1.807) is 13.0 Å². The Labute approximate surface area is 88.7 Å². The van der Waals surface area contributed by atoms with Gasteiger partial charge in [0.1, 0.15) is 6.10 Å². The van der Waals surface area contributed by atoms with Gasteiger partial charge in [-0.15, -0.1) is 0 Å². The average molecular weight is 206 g/mol. The SMILES string of the molecule is C[C@H](O)CCC1OC(=O)c2ccccc21. The molecule has 1 unspecified atom stereocenters. The number of ether oxygens (including phenoxy) is 1. The van der Waals surface area contributed by atoms with Gasteiger partial charge in [0.05, 0.1) is 11.7 Å². The molecule has 3 nitrogen and oxygen atoms in total. The van der Waals surface area contributed by atoms with Crippen LogP contribution in [0, 0.1) is 0 Å². The van der Waals surface area contributed by atoms with Gasteiger partial charge in [-0.25, -0.2) is 4.79 Å². The number of carbonyl (C=O) groups excluding carboxylic acids is 1. The molecule has 1 aliphatic rings. The van der Waals surface area contributed by atoms with Gasteiger partial charge in [-0.3, -0.25) is 0 Å². The van der Waals surface area contributed by atoms with E-state index < -0.39 is 0 Å². The third kappa shape index (κ3) is 2.02. The highest BCUT2D eigenvalue weighted by Gasteiger charge is 2.30. The Kier molecular flexibility index (Phi) is 2.73. The summed E-state index contributed by atoms with van der Waals surface area (Å²) in [5, 5.41) is 9.19. The largest absolute Gasteiger partial charge is 0.454 e. The summed E-state index contributed by atoms with van der Waals surface area (Å²) in [5.74, 6) is -0.249. The Bertz CT molecular complexity index is 371. The van der Waals surface area contributed by atoms with Crippen LogP contribution in [0.15, 0.2) is 24.3 Å². The summed E-state index contributed by atoms with van der Waals surface area (Å²) < 4.78 is 5.23. The van der Waals surface area contributed by atoms with Crippen LogP contribution in [0.4, 0.5) is 0 Å². The molecular formula is C12H14O3. The molecule has 1 aromatic carbocycles. The lowest BCUT2D eigenvalue weighted by atomic mass is 10.0. The number of cyclic esters (lactones) is 1. The zero-order valence-corrected chi connectivity index (χ0v) is 8.64. The van der Waals surface area contributed by atoms with Crippen LogP contribution in [-0.4, -0.2) is 17.2 Å². The number of carbonyl (C=O) groups is 1. The van der Waals surface area contributed by atoms with E-state index in [-0.39, 0.29) is 18.2 Å². The van der Waals surface area contributed by atoms with Gasteiger partial charge in [-0.05, 0) is 25.8 Å². The number of hydrogen-bond donors (Lipinski definition) is 1. The molecule has 0 aliphatic carbocycles. The molecule has 1 aliphatic heterocycles. The molecule has 0 bridgehead atoms. The second kappa shape index (κ2) is 4.03. The highest BCUT2D eigenvalue weighted by molar-refractivity contribution is 5.93. The van der Waals surface area contributed by atoms with Crippen molar-refractivity contribution in [3.63, 3.8) is 0 Å². The van der Waals surface area contributed by atoms with E-state index in [4.69, 9.17) is 4.74 Å². The van der Waals surface area contributed by atoms with Crippen LogP contribution in [0.3, 0.4) is 0 Å². The first kappa shape index (κ1) is 10.2. The van der Waals surface area contributed by atoms with Crippen molar-refractivity contribution in [2.24, 2.45) is 0 Å². The normalized spacial score (nSPS) is 20.9. The third-order valence-electron chi connectivity index (χ3n) is 2.62. The number of fused-ring (bicyclic) bond motifs is 1. The van der Waals surface area contributed by atoms with E-state index in [9.17, 15) is 9.90 Å². The monoisotopic (exact) mass is 206 g/mol. The van der Waals surface area contributed by atoms with Crippen LogP contribution < -0.4 is 0 Å². The maximum absolute atomic E-state index is 11.4. The minimum absolute atomic E-state index is 0.178. The average Bonchev–Trinajstić information content (AvgIpc) is 2.54. The molecule has 3 heteroatoms. The zero-order chi connectivity index (χ0) is 10.8. The van der Waals surface area contributed by atoms with E-state index in [2.05, 4.69) is 0 Å². The fraction of sp³-hybridized carbons (Fsp3) is 0.417. The third-order valence-corrected chi connectivity index (χ3v) is 2.62. The van der Waals surface area contributed by atoms with Crippen LogP contribution in [-0.2, 0) is 4.74 Å². The molecule has 1 N–H and O–H groups in total. The van der Waals surface area contributed by atoms with Crippen molar-refractivity contribution in [2.45, 2.75) is 32.0 Å². The van der Waals surface area contributed by atoms with E-state index in [0.717, 1.165) is 5.56 Å². The van der Waals surface area contributed by atoms with E-state index in [0.29, 0.717) is 18.4 Å². The molecule has 0 saturated carbocycles. The Morgan fingerprint density at radius 3 is 2.93 bits per heavy atom. The molecule has 1 heterocycles. The first-order valence-electron chi connectivity index (χ1n) is 5.16. The summed E-state index contributed by atoms with van der Waals surface area (Å²) in [6.07, 6.45) is 0.798. The summed E-state index contributed by atoms with van der Waals surface area (Å²) in [6, 6.07) is 7.42. The molecule has 2 atom stereocenters. The molecule has 0 amide bonds. The van der Waals surface area contributed by atoms with Gasteiger partial charge in [0.15, 0.2) is 0 Å². The highest BCUT2D eigenvalue weighted by atomic mass is 16.5. The number of esters is 1. The van der Waals surface area contributed by atoms with Gasteiger partial charge in [0, 0.05) is 5.56 Å². The van der Waals surface area contributed by atoms with Crippen LogP contribution in [0.1, 0.15) is 41.8 Å². The van der Waals surface area contributed by atoms with Crippen LogP contribution in [0.2, 0.25) is 0 Å². The number of hydrogen-bond acceptors (Lipinski definition) is 3. The van der Waals surface area contributed by atoms with Crippen LogP contribution in [0.25, 0.3) is 0 Å². The van der Waals surface area contributed by atoms with Gasteiger partial charge < -0.3 is 9.84 Å². The second-order valence-corrected chi connectivity index (χ2v) is 3.91. The molecule has 0 aromatic heterocycles. The maximum atomic E-state index is 11.4. The molecule has 0 radical (unpaired) electrons. The first-order chi connectivity index (χ1) is 7.18. The van der Waals surface area contributed by atoms with Crippen LogP contribution in [0.5, 0.6) is 0 Å². The molecule has 2 rings (SSSR count). The molecule has 1 aromatic rings. The van der Waals surface area contributed by atoms with Crippen molar-refractivity contribution in [3.05, 3.63) is 35.4 Å². The zero-order valence-electron chi connectivity index (χ0n) is 8.64. The molecule has 0 fully saturated rings. The van der Waals surface area contributed by atoms with Crippen molar-refractivity contribution in [1.82, 2.24) is 0 Å². The number of aliphatic hydroxyl groups is 1. The van der Waals surface area contributed by atoms with Gasteiger partial charge in [0.2, 0.25) is 0 Å². The van der Waals surface area contributed by atoms with E-state index >= 15 is 0 Å². The standard InChI is InChI=1S/C12H14O3/c1-8(13)6-7-11-9-4-2-3-5-10(9)12(14)15-11/h2-5,8,11,13H,6-7H2,1H3/t8-,11?/m0/s1. The van der Waals surface area contributed by atoms with Gasteiger partial charge in [-0.1, -0.05) is 18.2 Å². The van der Waals surface area contributed by atoms with Gasteiger partial charge >= 0.3 is 5.97 Å². The van der Waals surface area contributed by atoms with Crippen molar-refractivity contribution in [2.75, 3.05) is 0 Å². The lowest BCUT2D eigenvalue weighted by Gasteiger charge is -2.11. The number of aliphatic hydroxyl groups excluding tert-OH is 1. The molecule has 0 saturated heterocycles. The lowest BCUT2D eigenvalue weighted by Crippen LogP contribution is -2.05. The highest BCUT2D eigenvalue weighted by Crippen LogP contribution is 2.33. The minimum Gasteiger partial charge on any atom is -0.454 e.